The molecule has 0 bridgehead atoms. The standard InChI is InChI=1S/C13H13N3O6S.K.H/c1-2-22-13(19)9-3-7-4-11(17)10(5-8(7)14-9)16-6-12(18)15-23(16,20)21;;/h3-5,14,17H,2,6H2,1H3,(H,15,18);;/q;+1;-1. The van der Waals surface area contributed by atoms with Crippen LogP contribution in [-0.2, 0) is 19.7 Å². The first-order valence-electron chi connectivity index (χ1n) is 6.68. The van der Waals surface area contributed by atoms with Gasteiger partial charge in [-0.05, 0) is 25.1 Å². The Morgan fingerprint density at radius 3 is 2.71 bits per heavy atom. The van der Waals surface area contributed by atoms with Crippen LogP contribution in [0.5, 0.6) is 5.75 Å². The van der Waals surface area contributed by atoms with E-state index in [2.05, 4.69) is 4.98 Å². The predicted octanol–water partition coefficient (Wildman–Crippen LogP) is -2.65. The third-order valence-corrected chi connectivity index (χ3v) is 4.69. The van der Waals surface area contributed by atoms with Gasteiger partial charge in [0.05, 0.1) is 12.3 Å². The molecule has 1 amide bonds. The maximum Gasteiger partial charge on any atom is 1.00 e. The number of hydrogen-bond acceptors (Lipinski definition) is 6. The van der Waals surface area contributed by atoms with E-state index in [1.54, 1.807) is 6.92 Å². The van der Waals surface area contributed by atoms with Crippen molar-refractivity contribution in [3.63, 3.8) is 0 Å². The summed E-state index contributed by atoms with van der Waals surface area (Å²) in [7, 11) is -4.03. The molecule has 1 saturated heterocycles. The van der Waals surface area contributed by atoms with E-state index in [0.29, 0.717) is 10.9 Å². The molecule has 0 unspecified atom stereocenters. The van der Waals surface area contributed by atoms with Crippen LogP contribution in [0.3, 0.4) is 0 Å². The summed E-state index contributed by atoms with van der Waals surface area (Å²) in [6.45, 7) is 1.46. The van der Waals surface area contributed by atoms with E-state index in [-0.39, 0.29) is 76.5 Å². The third-order valence-electron chi connectivity index (χ3n) is 3.30. The van der Waals surface area contributed by atoms with Crippen LogP contribution in [0.1, 0.15) is 18.8 Å². The minimum atomic E-state index is -4.03. The topological polar surface area (TPSA) is 129 Å². The fraction of sp³-hybridized carbons (Fsp3) is 0.231. The molecule has 0 radical (unpaired) electrons. The summed E-state index contributed by atoms with van der Waals surface area (Å²) in [5.41, 5.74) is 0.542. The van der Waals surface area contributed by atoms with Crippen LogP contribution in [-0.4, -0.2) is 43.5 Å². The number of esters is 1. The average Bonchev–Trinajstić information content (AvgIpc) is 2.97. The van der Waals surface area contributed by atoms with Gasteiger partial charge in [0.2, 0.25) is 0 Å². The van der Waals surface area contributed by atoms with E-state index in [9.17, 15) is 23.1 Å². The Morgan fingerprint density at radius 1 is 1.42 bits per heavy atom. The SMILES string of the molecule is CCOC(=O)c1cc2cc(O)c(N3CC(=O)NS3(=O)=O)cc2[nH]1.[H-].[K+]. The maximum atomic E-state index is 11.9. The quantitative estimate of drug-likeness (QED) is 0.395. The van der Waals surface area contributed by atoms with E-state index in [1.165, 1.54) is 18.2 Å². The van der Waals surface area contributed by atoms with Gasteiger partial charge in [-0.1, -0.05) is 0 Å². The molecular formula is C13H14KN3O6S. The Hall–Kier alpha value is -1.11. The van der Waals surface area contributed by atoms with Gasteiger partial charge in [0, 0.05) is 10.9 Å². The van der Waals surface area contributed by atoms with Gasteiger partial charge in [-0.15, -0.1) is 0 Å². The zero-order valence-electron chi connectivity index (χ0n) is 14.0. The summed E-state index contributed by atoms with van der Waals surface area (Å²) in [6, 6.07) is 4.14. The molecule has 0 atom stereocenters. The monoisotopic (exact) mass is 379 g/mol. The molecule has 2 aromatic rings. The summed E-state index contributed by atoms with van der Waals surface area (Å²) in [6.07, 6.45) is 0. The normalized spacial score (nSPS) is 15.9. The average molecular weight is 379 g/mol. The van der Waals surface area contributed by atoms with Crippen molar-refractivity contribution in [3.8, 4) is 5.75 Å². The van der Waals surface area contributed by atoms with E-state index in [0.717, 1.165) is 4.31 Å². The minimum absolute atomic E-state index is 0. The number of aromatic nitrogens is 1. The van der Waals surface area contributed by atoms with Crippen LogP contribution in [0.25, 0.3) is 10.9 Å². The number of amides is 1. The van der Waals surface area contributed by atoms with Crippen molar-refractivity contribution in [3.05, 3.63) is 23.9 Å². The van der Waals surface area contributed by atoms with Crippen LogP contribution in [0.15, 0.2) is 18.2 Å². The summed E-state index contributed by atoms with van der Waals surface area (Å²) in [5.74, 6) is -1.58. The number of aromatic amines is 1. The fourth-order valence-corrected chi connectivity index (χ4v) is 3.49. The summed E-state index contributed by atoms with van der Waals surface area (Å²) in [4.78, 5) is 25.8. The van der Waals surface area contributed by atoms with Gasteiger partial charge in [0.1, 0.15) is 18.0 Å². The zero-order chi connectivity index (χ0) is 16.8. The number of nitrogens with one attached hydrogen (secondary N) is 2. The molecule has 1 aromatic heterocycles. The van der Waals surface area contributed by atoms with Crippen molar-refractivity contribution in [2.45, 2.75) is 6.92 Å². The molecule has 1 fully saturated rings. The first-order chi connectivity index (χ1) is 10.8. The molecule has 0 saturated carbocycles. The number of carbonyl (C=O) groups excluding carboxylic acids is 2. The third kappa shape index (κ3) is 3.46. The van der Waals surface area contributed by atoms with Crippen molar-refractivity contribution >= 4 is 38.7 Å². The number of rotatable bonds is 3. The Bertz CT molecular complexity index is 929. The van der Waals surface area contributed by atoms with E-state index < -0.39 is 28.6 Å². The van der Waals surface area contributed by atoms with Crippen molar-refractivity contribution < 1.29 is 80.7 Å². The zero-order valence-corrected chi connectivity index (χ0v) is 16.9. The van der Waals surface area contributed by atoms with Crippen molar-refractivity contribution in [1.29, 1.82) is 0 Å². The number of H-pyrrole nitrogens is 1. The van der Waals surface area contributed by atoms with Gasteiger partial charge >= 0.3 is 67.6 Å². The molecule has 3 rings (SSSR count). The molecule has 11 heteroatoms. The molecule has 124 valence electrons. The van der Waals surface area contributed by atoms with Gasteiger partial charge in [0.25, 0.3) is 5.91 Å². The number of carbonyl (C=O) groups is 2. The molecule has 24 heavy (non-hydrogen) atoms. The van der Waals surface area contributed by atoms with Gasteiger partial charge in [0.15, 0.2) is 0 Å². The van der Waals surface area contributed by atoms with Crippen LogP contribution in [0, 0.1) is 0 Å². The first kappa shape index (κ1) is 19.2. The van der Waals surface area contributed by atoms with Gasteiger partial charge in [-0.3, -0.25) is 4.79 Å². The number of nitrogens with zero attached hydrogens (tertiary/aromatic N) is 1. The molecule has 1 aromatic carbocycles. The molecule has 0 spiro atoms. The second-order valence-corrected chi connectivity index (χ2v) is 6.46. The van der Waals surface area contributed by atoms with Crippen molar-refractivity contribution in [1.82, 2.24) is 9.71 Å². The number of phenols is 1. The number of phenolic OH excluding ortho intramolecular Hbond substituents is 1. The Morgan fingerprint density at radius 2 is 2.12 bits per heavy atom. The van der Waals surface area contributed by atoms with E-state index >= 15 is 0 Å². The number of aromatic hydroxyl groups is 1. The molecule has 1 aliphatic heterocycles. The second-order valence-electron chi connectivity index (χ2n) is 4.87. The second kappa shape index (κ2) is 7.02. The molecule has 9 nitrogen and oxygen atoms in total. The number of fused-ring (bicyclic) bond motifs is 1. The van der Waals surface area contributed by atoms with Gasteiger partial charge in [-0.25, -0.2) is 13.8 Å². The number of hydrogen-bond donors (Lipinski definition) is 3. The maximum absolute atomic E-state index is 11.9. The smallest absolute Gasteiger partial charge is 1.00 e. The van der Waals surface area contributed by atoms with Crippen LogP contribution < -0.4 is 60.4 Å². The van der Waals surface area contributed by atoms with E-state index in [4.69, 9.17) is 4.74 Å². The Kier molecular flexibility index (Phi) is 5.62. The van der Waals surface area contributed by atoms with Crippen LogP contribution in [0.2, 0.25) is 0 Å². The number of anilines is 1. The molecule has 2 heterocycles. The van der Waals surface area contributed by atoms with Crippen LogP contribution in [0.4, 0.5) is 5.69 Å². The Labute approximate surface area is 181 Å². The van der Waals surface area contributed by atoms with Gasteiger partial charge in [-0.2, -0.15) is 8.42 Å². The molecule has 3 N–H and O–H groups in total. The fourth-order valence-electron chi connectivity index (χ4n) is 2.34. The summed E-state index contributed by atoms with van der Waals surface area (Å²) < 4.78 is 31.2. The van der Waals surface area contributed by atoms with Crippen molar-refractivity contribution in [2.75, 3.05) is 17.5 Å². The van der Waals surface area contributed by atoms with Crippen LogP contribution >= 0.6 is 0 Å². The Balaban J connectivity index is 0.00000156. The molecule has 1 aliphatic rings. The first-order valence-corrected chi connectivity index (χ1v) is 8.12. The minimum Gasteiger partial charge on any atom is -1.00 e. The molecule has 0 aliphatic carbocycles. The van der Waals surface area contributed by atoms with Gasteiger partial charge < -0.3 is 16.3 Å². The van der Waals surface area contributed by atoms with E-state index in [1.807, 2.05) is 4.72 Å². The largest absolute Gasteiger partial charge is 1.00 e. The van der Waals surface area contributed by atoms with Crippen molar-refractivity contribution in [2.24, 2.45) is 0 Å². The number of ether oxygens (including phenoxy) is 1. The molecular weight excluding hydrogens is 365 g/mol. The predicted molar refractivity (Wildman–Crippen MR) is 81.4 cm³/mol. The summed E-state index contributed by atoms with van der Waals surface area (Å²) >= 11 is 0. The number of benzene rings is 1. The summed E-state index contributed by atoms with van der Waals surface area (Å²) in [5, 5.41) is 10.6.